The number of hydrogen-bond donors (Lipinski definition) is 0. The number of halogens is 1. The molecule has 2 atom stereocenters. The van der Waals surface area contributed by atoms with E-state index in [1.165, 1.54) is 24.3 Å². The minimum atomic E-state index is -1.21. The van der Waals surface area contributed by atoms with Gasteiger partial charge in [0, 0.05) is 5.92 Å². The Balaban J connectivity index is 1.64. The third kappa shape index (κ3) is 1.83. The zero-order valence-corrected chi connectivity index (χ0v) is 15.8. The fourth-order valence-corrected chi connectivity index (χ4v) is 5.88. The topological polar surface area (TPSA) is 54.5 Å². The molecule has 2 amide bonds. The molecule has 4 aliphatic rings. The number of benzene rings is 3. The Morgan fingerprint density at radius 3 is 1.93 bits per heavy atom. The smallest absolute Gasteiger partial charge is 0.239 e. The molecule has 5 heteroatoms. The number of imide groups is 1. The fourth-order valence-electron chi connectivity index (χ4n) is 5.88. The van der Waals surface area contributed by atoms with Gasteiger partial charge >= 0.3 is 0 Å². The summed E-state index contributed by atoms with van der Waals surface area (Å²) in [4.78, 5) is 41.2. The van der Waals surface area contributed by atoms with E-state index in [9.17, 15) is 18.8 Å². The van der Waals surface area contributed by atoms with Crippen molar-refractivity contribution < 1.29 is 18.8 Å². The lowest BCUT2D eigenvalue weighted by molar-refractivity contribution is -0.128. The maximum atomic E-state index is 13.7. The molecule has 0 saturated carbocycles. The lowest BCUT2D eigenvalue weighted by Gasteiger charge is -2.51. The Hall–Kier alpha value is -3.60. The van der Waals surface area contributed by atoms with Crippen molar-refractivity contribution in [3.63, 3.8) is 0 Å². The monoisotopic (exact) mass is 397 g/mol. The molecule has 0 radical (unpaired) electrons. The summed E-state index contributed by atoms with van der Waals surface area (Å²) in [5.74, 6) is -2.97. The van der Waals surface area contributed by atoms with Crippen molar-refractivity contribution in [1.82, 2.24) is 0 Å². The molecule has 2 bridgehead atoms. The third-order valence-electron chi connectivity index (χ3n) is 6.95. The molecule has 0 aromatic heterocycles. The maximum absolute atomic E-state index is 13.7. The summed E-state index contributed by atoms with van der Waals surface area (Å²) in [6.07, 6.45) is 0.844. The van der Waals surface area contributed by atoms with Crippen molar-refractivity contribution in [3.8, 4) is 0 Å². The number of carbonyl (C=O) groups excluding carboxylic acids is 3. The SMILES string of the molecule is O=CC12c3ccccc3C(c3ccccc31)[C@H]1C(=O)N(c3ccc(F)cc3)C(=O)[C@@H]12. The van der Waals surface area contributed by atoms with Crippen molar-refractivity contribution >= 4 is 23.8 Å². The van der Waals surface area contributed by atoms with Crippen LogP contribution >= 0.6 is 0 Å². The molecule has 1 saturated heterocycles. The zero-order chi connectivity index (χ0) is 20.6. The van der Waals surface area contributed by atoms with Crippen molar-refractivity contribution in [3.05, 3.63) is 101 Å². The highest BCUT2D eigenvalue weighted by Crippen LogP contribution is 2.63. The van der Waals surface area contributed by atoms with Gasteiger partial charge in [-0.25, -0.2) is 9.29 Å². The van der Waals surface area contributed by atoms with Gasteiger partial charge in [-0.2, -0.15) is 0 Å². The molecule has 30 heavy (non-hydrogen) atoms. The lowest BCUT2D eigenvalue weighted by atomic mass is 9.48. The van der Waals surface area contributed by atoms with E-state index in [1.54, 1.807) is 0 Å². The Labute approximate surface area is 171 Å². The number of anilines is 1. The molecule has 146 valence electrons. The minimum absolute atomic E-state index is 0.300. The first-order chi connectivity index (χ1) is 14.6. The van der Waals surface area contributed by atoms with Gasteiger partial charge in [-0.3, -0.25) is 9.59 Å². The second-order valence-electron chi connectivity index (χ2n) is 8.13. The molecule has 0 spiro atoms. The van der Waals surface area contributed by atoms with Crippen molar-refractivity contribution in [2.75, 3.05) is 4.90 Å². The van der Waals surface area contributed by atoms with Crippen LogP contribution in [0.1, 0.15) is 28.2 Å². The molecule has 1 heterocycles. The van der Waals surface area contributed by atoms with E-state index in [0.717, 1.165) is 33.4 Å². The van der Waals surface area contributed by atoms with E-state index in [4.69, 9.17) is 0 Å². The van der Waals surface area contributed by atoms with Crippen LogP contribution in [0.5, 0.6) is 0 Å². The number of nitrogens with zero attached hydrogens (tertiary/aromatic N) is 1. The van der Waals surface area contributed by atoms with Gasteiger partial charge in [0.05, 0.1) is 22.9 Å². The Bertz CT molecular complexity index is 1200. The van der Waals surface area contributed by atoms with Crippen LogP contribution in [0.25, 0.3) is 0 Å². The molecule has 3 aromatic carbocycles. The summed E-state index contributed by atoms with van der Waals surface area (Å²) in [5.41, 5.74) is 2.56. The number of carbonyl (C=O) groups is 3. The third-order valence-corrected chi connectivity index (χ3v) is 6.95. The maximum Gasteiger partial charge on any atom is 0.239 e. The quantitative estimate of drug-likeness (QED) is 0.491. The second-order valence-corrected chi connectivity index (χ2v) is 8.13. The van der Waals surface area contributed by atoms with E-state index in [0.29, 0.717) is 5.69 Å². The largest absolute Gasteiger partial charge is 0.302 e. The highest BCUT2D eigenvalue weighted by atomic mass is 19.1. The lowest BCUT2D eigenvalue weighted by Crippen LogP contribution is -2.54. The summed E-state index contributed by atoms with van der Waals surface area (Å²) in [6.45, 7) is 0. The average molecular weight is 397 g/mol. The van der Waals surface area contributed by atoms with Gasteiger partial charge in [0.2, 0.25) is 11.8 Å². The molecule has 3 aromatic rings. The van der Waals surface area contributed by atoms with Crippen LogP contribution in [-0.2, 0) is 19.8 Å². The van der Waals surface area contributed by atoms with Crippen LogP contribution in [0.15, 0.2) is 72.8 Å². The van der Waals surface area contributed by atoms with Gasteiger partial charge in [-0.1, -0.05) is 48.5 Å². The van der Waals surface area contributed by atoms with Gasteiger partial charge in [0.1, 0.15) is 12.1 Å². The van der Waals surface area contributed by atoms with Gasteiger partial charge in [0.15, 0.2) is 0 Å². The summed E-state index contributed by atoms with van der Waals surface area (Å²) in [6, 6.07) is 20.5. The van der Waals surface area contributed by atoms with Gasteiger partial charge < -0.3 is 4.79 Å². The Kier molecular flexibility index (Phi) is 3.30. The summed E-state index contributed by atoms with van der Waals surface area (Å²) < 4.78 is 13.4. The summed E-state index contributed by atoms with van der Waals surface area (Å²) in [7, 11) is 0. The molecule has 1 fully saturated rings. The summed E-state index contributed by atoms with van der Waals surface area (Å²) >= 11 is 0. The van der Waals surface area contributed by atoms with Crippen LogP contribution in [0, 0.1) is 17.7 Å². The Morgan fingerprint density at radius 2 is 1.37 bits per heavy atom. The molecular weight excluding hydrogens is 381 g/mol. The van der Waals surface area contributed by atoms with E-state index >= 15 is 0 Å². The van der Waals surface area contributed by atoms with E-state index in [2.05, 4.69) is 0 Å². The van der Waals surface area contributed by atoms with Crippen LogP contribution < -0.4 is 4.90 Å². The molecule has 3 aliphatic carbocycles. The number of rotatable bonds is 2. The number of aldehydes is 1. The highest BCUT2D eigenvalue weighted by Gasteiger charge is 2.68. The van der Waals surface area contributed by atoms with Crippen LogP contribution in [0.4, 0.5) is 10.1 Å². The van der Waals surface area contributed by atoms with Crippen LogP contribution in [0.2, 0.25) is 0 Å². The van der Waals surface area contributed by atoms with Gasteiger partial charge in [0.25, 0.3) is 0 Å². The van der Waals surface area contributed by atoms with Crippen LogP contribution in [-0.4, -0.2) is 18.1 Å². The first-order valence-corrected chi connectivity index (χ1v) is 9.88. The molecule has 1 aliphatic heterocycles. The van der Waals surface area contributed by atoms with E-state index in [1.807, 2.05) is 48.5 Å². The average Bonchev–Trinajstić information content (AvgIpc) is 3.05. The zero-order valence-electron chi connectivity index (χ0n) is 15.8. The van der Waals surface area contributed by atoms with Crippen molar-refractivity contribution in [1.29, 1.82) is 0 Å². The van der Waals surface area contributed by atoms with Crippen molar-refractivity contribution in [2.24, 2.45) is 11.8 Å². The summed E-state index contributed by atoms with van der Waals surface area (Å²) in [5, 5.41) is 0. The second kappa shape index (κ2) is 5.72. The molecular formula is C25H16FNO3. The van der Waals surface area contributed by atoms with Gasteiger partial charge in [-0.05, 0) is 46.5 Å². The predicted molar refractivity (Wildman–Crippen MR) is 107 cm³/mol. The number of hydrogen-bond acceptors (Lipinski definition) is 3. The first kappa shape index (κ1) is 17.3. The normalized spacial score (nSPS) is 28.2. The molecule has 0 unspecified atom stereocenters. The molecule has 7 rings (SSSR count). The predicted octanol–water partition coefficient (Wildman–Crippen LogP) is 3.58. The molecule has 0 N–H and O–H groups in total. The first-order valence-electron chi connectivity index (χ1n) is 9.88. The fraction of sp³-hybridized carbons (Fsp3) is 0.160. The highest BCUT2D eigenvalue weighted by molar-refractivity contribution is 6.24. The minimum Gasteiger partial charge on any atom is -0.302 e. The van der Waals surface area contributed by atoms with E-state index in [-0.39, 0.29) is 11.8 Å². The van der Waals surface area contributed by atoms with Crippen LogP contribution in [0.3, 0.4) is 0 Å². The molecule has 4 nitrogen and oxygen atoms in total. The van der Waals surface area contributed by atoms with Gasteiger partial charge in [-0.15, -0.1) is 0 Å². The standard InChI is InChI=1S/C25H16FNO3/c26-14-9-11-15(12-10-14)27-23(29)21-20-16-5-1-3-7-18(16)25(13-28,22(21)24(27)30)19-8-4-2-6-17(19)20/h1-13,20-22H/t20?,21-,22-,25?/m1/s1. The Morgan fingerprint density at radius 1 is 0.800 bits per heavy atom. The van der Waals surface area contributed by atoms with Crippen molar-refractivity contribution in [2.45, 2.75) is 11.3 Å². The number of amides is 2. The van der Waals surface area contributed by atoms with E-state index < -0.39 is 29.0 Å².